The maximum absolute atomic E-state index is 11.8. The fourth-order valence-electron chi connectivity index (χ4n) is 2.36. The summed E-state index contributed by atoms with van der Waals surface area (Å²) in [5.74, 6) is 0.0643. The molecule has 0 bridgehead atoms. The Balaban J connectivity index is 1.89. The number of nitrogens with one attached hydrogen (secondary N) is 3. The number of hydrogen-bond donors (Lipinski definition) is 3. The summed E-state index contributed by atoms with van der Waals surface area (Å²) < 4.78 is 0. The largest absolute Gasteiger partial charge is 0.355 e. The zero-order valence-corrected chi connectivity index (χ0v) is 14.8. The third-order valence-corrected chi connectivity index (χ3v) is 4.39. The number of thiazole rings is 1. The summed E-state index contributed by atoms with van der Waals surface area (Å²) in [6, 6.07) is -0.149. The van der Waals surface area contributed by atoms with E-state index in [4.69, 9.17) is 0 Å². The summed E-state index contributed by atoms with van der Waals surface area (Å²) in [7, 11) is 0. The summed E-state index contributed by atoms with van der Waals surface area (Å²) in [4.78, 5) is 31.3. The number of urea groups is 1. The fourth-order valence-corrected chi connectivity index (χ4v) is 3.40. The highest BCUT2D eigenvalue weighted by molar-refractivity contribution is 7.15. The van der Waals surface area contributed by atoms with Gasteiger partial charge in [-0.1, -0.05) is 6.92 Å². The van der Waals surface area contributed by atoms with Crippen LogP contribution in [-0.2, 0) is 17.8 Å². The molecule has 1 aromatic rings. The van der Waals surface area contributed by atoms with Crippen LogP contribution in [0.4, 0.5) is 9.93 Å². The lowest BCUT2D eigenvalue weighted by Crippen LogP contribution is -2.39. The Kier molecular flexibility index (Phi) is 6.35. The highest BCUT2D eigenvalue weighted by Gasteiger charge is 2.22. The lowest BCUT2D eigenvalue weighted by Gasteiger charge is -2.25. The standard InChI is InChI=1S/C15H25N5O2S/c1-4-6-16-13(21)9-20-7-5-11-12(8-20)23-15(18-11)19-14(22)17-10(2)3/h10H,4-9H2,1-3H3,(H,16,21)(H2,17,18,19,22). The van der Waals surface area contributed by atoms with E-state index < -0.39 is 0 Å². The van der Waals surface area contributed by atoms with E-state index >= 15 is 0 Å². The predicted molar refractivity (Wildman–Crippen MR) is 91.7 cm³/mol. The molecule has 0 aromatic carbocycles. The van der Waals surface area contributed by atoms with Gasteiger partial charge in [0.2, 0.25) is 5.91 Å². The van der Waals surface area contributed by atoms with Crippen molar-refractivity contribution in [3.8, 4) is 0 Å². The second kappa shape index (κ2) is 8.26. The Morgan fingerprint density at radius 3 is 2.87 bits per heavy atom. The first kappa shape index (κ1) is 17.7. The third kappa shape index (κ3) is 5.47. The molecule has 7 nitrogen and oxygen atoms in total. The first-order valence-corrected chi connectivity index (χ1v) is 8.84. The zero-order chi connectivity index (χ0) is 16.8. The van der Waals surface area contributed by atoms with Gasteiger partial charge < -0.3 is 10.6 Å². The number of nitrogens with zero attached hydrogens (tertiary/aromatic N) is 2. The number of aromatic nitrogens is 1. The average molecular weight is 339 g/mol. The molecule has 3 N–H and O–H groups in total. The highest BCUT2D eigenvalue weighted by Crippen LogP contribution is 2.28. The van der Waals surface area contributed by atoms with Gasteiger partial charge in [0.05, 0.1) is 12.2 Å². The fraction of sp³-hybridized carbons (Fsp3) is 0.667. The molecule has 0 saturated heterocycles. The maximum atomic E-state index is 11.8. The van der Waals surface area contributed by atoms with Gasteiger partial charge in [0.15, 0.2) is 5.13 Å². The molecule has 0 saturated carbocycles. The second-order valence-corrected chi connectivity index (χ2v) is 7.04. The molecule has 1 aliphatic rings. The lowest BCUT2D eigenvalue weighted by molar-refractivity contribution is -0.122. The predicted octanol–water partition coefficient (Wildman–Crippen LogP) is 1.56. The van der Waals surface area contributed by atoms with E-state index in [1.807, 2.05) is 20.8 Å². The lowest BCUT2D eigenvalue weighted by atomic mass is 10.2. The van der Waals surface area contributed by atoms with Crippen LogP contribution in [0, 0.1) is 0 Å². The van der Waals surface area contributed by atoms with E-state index in [-0.39, 0.29) is 18.0 Å². The van der Waals surface area contributed by atoms with Gasteiger partial charge in [-0.3, -0.25) is 15.0 Å². The molecule has 3 amide bonds. The van der Waals surface area contributed by atoms with Crippen LogP contribution in [0.3, 0.4) is 0 Å². The minimum atomic E-state index is -0.234. The van der Waals surface area contributed by atoms with Crippen LogP contribution in [0.2, 0.25) is 0 Å². The molecule has 0 unspecified atom stereocenters. The van der Waals surface area contributed by atoms with Gasteiger partial charge in [-0.2, -0.15) is 0 Å². The van der Waals surface area contributed by atoms with Crippen molar-refractivity contribution in [1.29, 1.82) is 0 Å². The summed E-state index contributed by atoms with van der Waals surface area (Å²) in [6.07, 6.45) is 1.75. The Hall–Kier alpha value is -1.67. The van der Waals surface area contributed by atoms with E-state index in [0.717, 1.165) is 36.5 Å². The summed E-state index contributed by atoms with van der Waals surface area (Å²) in [5, 5.41) is 9.06. The van der Waals surface area contributed by atoms with Crippen LogP contribution < -0.4 is 16.0 Å². The van der Waals surface area contributed by atoms with E-state index in [2.05, 4.69) is 25.8 Å². The number of amides is 3. The van der Waals surface area contributed by atoms with Crippen LogP contribution in [0.25, 0.3) is 0 Å². The van der Waals surface area contributed by atoms with Crippen LogP contribution in [0.15, 0.2) is 0 Å². The minimum Gasteiger partial charge on any atom is -0.355 e. The maximum Gasteiger partial charge on any atom is 0.321 e. The van der Waals surface area contributed by atoms with E-state index in [1.54, 1.807) is 0 Å². The number of rotatable bonds is 6. The van der Waals surface area contributed by atoms with Crippen LogP contribution in [0.5, 0.6) is 0 Å². The normalized spacial score (nSPS) is 14.4. The number of carbonyl (C=O) groups is 2. The Bertz CT molecular complexity index is 558. The highest BCUT2D eigenvalue weighted by atomic mass is 32.1. The van der Waals surface area contributed by atoms with Gasteiger partial charge in [-0.25, -0.2) is 9.78 Å². The van der Waals surface area contributed by atoms with Gasteiger partial charge >= 0.3 is 6.03 Å². The second-order valence-electron chi connectivity index (χ2n) is 5.95. The van der Waals surface area contributed by atoms with Gasteiger partial charge in [0.25, 0.3) is 0 Å². The molecule has 1 aromatic heterocycles. The van der Waals surface area contributed by atoms with Crippen molar-refractivity contribution in [2.45, 2.75) is 46.2 Å². The topological polar surface area (TPSA) is 86.4 Å². The van der Waals surface area contributed by atoms with Crippen LogP contribution in [-0.4, -0.2) is 47.5 Å². The van der Waals surface area contributed by atoms with Crippen molar-refractivity contribution < 1.29 is 9.59 Å². The molecule has 2 heterocycles. The third-order valence-electron chi connectivity index (χ3n) is 3.39. The Labute approximate surface area is 140 Å². The Morgan fingerprint density at radius 2 is 2.17 bits per heavy atom. The van der Waals surface area contributed by atoms with Gasteiger partial charge in [-0.05, 0) is 20.3 Å². The van der Waals surface area contributed by atoms with E-state index in [0.29, 0.717) is 18.2 Å². The van der Waals surface area contributed by atoms with Crippen molar-refractivity contribution in [2.75, 3.05) is 25.0 Å². The molecule has 2 rings (SSSR count). The van der Waals surface area contributed by atoms with Crippen molar-refractivity contribution in [3.63, 3.8) is 0 Å². The summed E-state index contributed by atoms with van der Waals surface area (Å²) >= 11 is 1.48. The molecule has 0 radical (unpaired) electrons. The number of carbonyl (C=O) groups excluding carboxylic acids is 2. The van der Waals surface area contributed by atoms with Crippen molar-refractivity contribution in [3.05, 3.63) is 10.6 Å². The Morgan fingerprint density at radius 1 is 1.39 bits per heavy atom. The van der Waals surface area contributed by atoms with Crippen molar-refractivity contribution in [1.82, 2.24) is 20.5 Å². The first-order valence-electron chi connectivity index (χ1n) is 8.03. The quantitative estimate of drug-likeness (QED) is 0.734. The molecule has 0 fully saturated rings. The number of anilines is 1. The SMILES string of the molecule is CCCNC(=O)CN1CCc2nc(NC(=O)NC(C)C)sc2C1. The van der Waals surface area contributed by atoms with Crippen molar-refractivity contribution in [2.24, 2.45) is 0 Å². The minimum absolute atomic E-state index is 0.0643. The van der Waals surface area contributed by atoms with Crippen molar-refractivity contribution >= 4 is 28.4 Å². The monoisotopic (exact) mass is 339 g/mol. The molecule has 1 aliphatic heterocycles. The number of fused-ring (bicyclic) bond motifs is 1. The van der Waals surface area contributed by atoms with Crippen LogP contribution in [0.1, 0.15) is 37.8 Å². The van der Waals surface area contributed by atoms with Gasteiger partial charge in [0, 0.05) is 37.0 Å². The molecule has 128 valence electrons. The van der Waals surface area contributed by atoms with E-state index in [1.165, 1.54) is 11.3 Å². The van der Waals surface area contributed by atoms with E-state index in [9.17, 15) is 9.59 Å². The van der Waals surface area contributed by atoms with Crippen LogP contribution >= 0.6 is 11.3 Å². The molecule has 0 atom stereocenters. The van der Waals surface area contributed by atoms with Gasteiger partial charge in [0.1, 0.15) is 0 Å². The molecular formula is C15H25N5O2S. The zero-order valence-electron chi connectivity index (χ0n) is 13.9. The summed E-state index contributed by atoms with van der Waals surface area (Å²) in [6.45, 7) is 8.51. The molecule has 8 heteroatoms. The molecule has 0 spiro atoms. The molecular weight excluding hydrogens is 314 g/mol. The molecule has 23 heavy (non-hydrogen) atoms. The average Bonchev–Trinajstić information content (AvgIpc) is 2.85. The molecule has 0 aliphatic carbocycles. The first-order chi connectivity index (χ1) is 11.0. The smallest absolute Gasteiger partial charge is 0.321 e. The van der Waals surface area contributed by atoms with Gasteiger partial charge in [-0.15, -0.1) is 11.3 Å². The summed E-state index contributed by atoms with van der Waals surface area (Å²) in [5.41, 5.74) is 1.03. The number of hydrogen-bond acceptors (Lipinski definition) is 5.